The molecule has 1 heterocycles. The molecule has 98 valence electrons. The average Bonchev–Trinajstić information content (AvgIpc) is 2.73. The van der Waals surface area contributed by atoms with Crippen molar-refractivity contribution in [2.75, 3.05) is 19.6 Å². The van der Waals surface area contributed by atoms with Crippen molar-refractivity contribution >= 4 is 5.97 Å². The van der Waals surface area contributed by atoms with Gasteiger partial charge >= 0.3 is 5.97 Å². The number of halogens is 1. The van der Waals surface area contributed by atoms with E-state index in [1.807, 2.05) is 19.9 Å². The SMILES string of the molecule is CCN1CC(C(=O)O)C(c2ccc(C)cc2F)C1. The minimum absolute atomic E-state index is 0.247. The molecule has 1 N–H and O–H groups in total. The van der Waals surface area contributed by atoms with Gasteiger partial charge in [0.15, 0.2) is 0 Å². The molecule has 4 heteroatoms. The van der Waals surface area contributed by atoms with Crippen LogP contribution >= 0.6 is 0 Å². The van der Waals surface area contributed by atoms with Crippen molar-refractivity contribution in [1.29, 1.82) is 0 Å². The maximum Gasteiger partial charge on any atom is 0.308 e. The molecule has 0 bridgehead atoms. The van der Waals surface area contributed by atoms with Gasteiger partial charge in [0.05, 0.1) is 5.92 Å². The van der Waals surface area contributed by atoms with Crippen LogP contribution in [0.1, 0.15) is 24.0 Å². The van der Waals surface area contributed by atoms with E-state index in [0.29, 0.717) is 18.7 Å². The Bertz CT molecular complexity index is 461. The number of carbonyl (C=O) groups is 1. The first-order valence-corrected chi connectivity index (χ1v) is 6.24. The summed E-state index contributed by atoms with van der Waals surface area (Å²) in [6.45, 7) is 5.74. The van der Waals surface area contributed by atoms with E-state index < -0.39 is 11.9 Å². The van der Waals surface area contributed by atoms with Gasteiger partial charge in [-0.2, -0.15) is 0 Å². The monoisotopic (exact) mass is 251 g/mol. The zero-order chi connectivity index (χ0) is 13.3. The molecule has 1 saturated heterocycles. The van der Waals surface area contributed by atoms with Gasteiger partial charge in [0.2, 0.25) is 0 Å². The summed E-state index contributed by atoms with van der Waals surface area (Å²) in [6.07, 6.45) is 0. The molecule has 0 radical (unpaired) electrons. The second-order valence-corrected chi connectivity index (χ2v) is 4.93. The molecule has 0 aliphatic carbocycles. The first kappa shape index (κ1) is 13.0. The molecule has 0 spiro atoms. The fraction of sp³-hybridized carbons (Fsp3) is 0.500. The highest BCUT2D eigenvalue weighted by molar-refractivity contribution is 5.72. The molecule has 2 atom stereocenters. The number of benzene rings is 1. The summed E-state index contributed by atoms with van der Waals surface area (Å²) in [7, 11) is 0. The molecule has 2 unspecified atom stereocenters. The molecule has 1 fully saturated rings. The maximum absolute atomic E-state index is 14.0. The van der Waals surface area contributed by atoms with Crippen molar-refractivity contribution in [3.8, 4) is 0 Å². The fourth-order valence-corrected chi connectivity index (χ4v) is 2.64. The van der Waals surface area contributed by atoms with Crippen LogP contribution in [0.3, 0.4) is 0 Å². The summed E-state index contributed by atoms with van der Waals surface area (Å²) in [5.41, 5.74) is 1.39. The quantitative estimate of drug-likeness (QED) is 0.895. The van der Waals surface area contributed by atoms with Gasteiger partial charge in [-0.05, 0) is 30.7 Å². The minimum atomic E-state index is -0.837. The molecule has 1 aromatic carbocycles. The zero-order valence-corrected chi connectivity index (χ0v) is 10.7. The third kappa shape index (κ3) is 2.38. The Hall–Kier alpha value is -1.42. The highest BCUT2D eigenvalue weighted by Gasteiger charge is 2.38. The Balaban J connectivity index is 2.32. The summed E-state index contributed by atoms with van der Waals surface area (Å²) >= 11 is 0. The molecule has 0 amide bonds. The number of likely N-dealkylation sites (N-methyl/N-ethyl adjacent to an activating group) is 1. The summed E-state index contributed by atoms with van der Waals surface area (Å²) < 4.78 is 14.0. The van der Waals surface area contributed by atoms with Crippen LogP contribution in [0, 0.1) is 18.7 Å². The van der Waals surface area contributed by atoms with Crippen molar-refractivity contribution in [3.63, 3.8) is 0 Å². The van der Waals surface area contributed by atoms with E-state index in [-0.39, 0.29) is 11.7 Å². The van der Waals surface area contributed by atoms with Crippen molar-refractivity contribution in [2.24, 2.45) is 5.92 Å². The number of likely N-dealkylation sites (tertiary alicyclic amines) is 1. The third-order valence-corrected chi connectivity index (χ3v) is 3.72. The molecule has 1 aliphatic heterocycles. The number of hydrogen-bond acceptors (Lipinski definition) is 2. The second kappa shape index (κ2) is 5.06. The van der Waals surface area contributed by atoms with Crippen LogP contribution in [0.2, 0.25) is 0 Å². The topological polar surface area (TPSA) is 40.5 Å². The van der Waals surface area contributed by atoms with E-state index in [9.17, 15) is 14.3 Å². The summed E-state index contributed by atoms with van der Waals surface area (Å²) in [5.74, 6) is -1.88. The largest absolute Gasteiger partial charge is 0.481 e. The van der Waals surface area contributed by atoms with Crippen LogP contribution in [0.15, 0.2) is 18.2 Å². The molecule has 2 rings (SSSR count). The number of hydrogen-bond donors (Lipinski definition) is 1. The molecule has 3 nitrogen and oxygen atoms in total. The number of aliphatic carboxylic acids is 1. The minimum Gasteiger partial charge on any atom is -0.481 e. The molecular weight excluding hydrogens is 233 g/mol. The van der Waals surface area contributed by atoms with Crippen molar-refractivity contribution in [2.45, 2.75) is 19.8 Å². The van der Waals surface area contributed by atoms with Crippen LogP contribution in [-0.4, -0.2) is 35.6 Å². The standard InChI is InChI=1S/C14H18FNO2/c1-3-16-7-11(12(8-16)14(17)18)10-5-4-9(2)6-13(10)15/h4-6,11-12H,3,7-8H2,1-2H3,(H,17,18). The van der Waals surface area contributed by atoms with Gasteiger partial charge in [-0.15, -0.1) is 0 Å². The van der Waals surface area contributed by atoms with Crippen LogP contribution in [0.5, 0.6) is 0 Å². The Kier molecular flexibility index (Phi) is 3.66. The summed E-state index contributed by atoms with van der Waals surface area (Å²) in [4.78, 5) is 13.3. The van der Waals surface area contributed by atoms with Gasteiger partial charge < -0.3 is 10.0 Å². The number of carboxylic acids is 1. The van der Waals surface area contributed by atoms with E-state index in [1.54, 1.807) is 6.07 Å². The molecule has 1 aromatic rings. The fourth-order valence-electron chi connectivity index (χ4n) is 2.64. The van der Waals surface area contributed by atoms with Gasteiger partial charge in [-0.1, -0.05) is 19.1 Å². The van der Waals surface area contributed by atoms with Crippen molar-refractivity contribution in [3.05, 3.63) is 35.1 Å². The van der Waals surface area contributed by atoms with Crippen LogP contribution in [-0.2, 0) is 4.79 Å². The lowest BCUT2D eigenvalue weighted by Crippen LogP contribution is -2.23. The predicted molar refractivity (Wildman–Crippen MR) is 67.1 cm³/mol. The van der Waals surface area contributed by atoms with Crippen LogP contribution in [0.25, 0.3) is 0 Å². The number of rotatable bonds is 3. The van der Waals surface area contributed by atoms with Crippen molar-refractivity contribution < 1.29 is 14.3 Å². The van der Waals surface area contributed by atoms with Gasteiger partial charge in [0.1, 0.15) is 5.82 Å². The van der Waals surface area contributed by atoms with Gasteiger partial charge in [-0.25, -0.2) is 4.39 Å². The molecule has 18 heavy (non-hydrogen) atoms. The third-order valence-electron chi connectivity index (χ3n) is 3.72. The second-order valence-electron chi connectivity index (χ2n) is 4.93. The van der Waals surface area contributed by atoms with E-state index >= 15 is 0 Å². The summed E-state index contributed by atoms with van der Waals surface area (Å²) in [5, 5.41) is 9.25. The lowest BCUT2D eigenvalue weighted by atomic mass is 9.88. The zero-order valence-electron chi connectivity index (χ0n) is 10.7. The lowest BCUT2D eigenvalue weighted by Gasteiger charge is -2.16. The van der Waals surface area contributed by atoms with E-state index in [2.05, 4.69) is 4.90 Å². The molecular formula is C14H18FNO2. The van der Waals surface area contributed by atoms with Gasteiger partial charge in [0.25, 0.3) is 0 Å². The molecule has 1 aliphatic rings. The van der Waals surface area contributed by atoms with Crippen LogP contribution in [0.4, 0.5) is 4.39 Å². The van der Waals surface area contributed by atoms with Crippen LogP contribution < -0.4 is 0 Å². The predicted octanol–water partition coefficient (Wildman–Crippen LogP) is 2.25. The Labute approximate surface area is 106 Å². The molecule has 0 saturated carbocycles. The molecule has 0 aromatic heterocycles. The van der Waals surface area contributed by atoms with Gasteiger partial charge in [0, 0.05) is 19.0 Å². The maximum atomic E-state index is 14.0. The highest BCUT2D eigenvalue weighted by atomic mass is 19.1. The van der Waals surface area contributed by atoms with Gasteiger partial charge in [-0.3, -0.25) is 4.79 Å². The number of carboxylic acid groups (broad SMARTS) is 1. The first-order valence-electron chi connectivity index (χ1n) is 6.24. The number of aryl methyl sites for hydroxylation is 1. The highest BCUT2D eigenvalue weighted by Crippen LogP contribution is 2.34. The van der Waals surface area contributed by atoms with E-state index in [1.165, 1.54) is 6.07 Å². The smallest absolute Gasteiger partial charge is 0.308 e. The van der Waals surface area contributed by atoms with E-state index in [0.717, 1.165) is 12.1 Å². The summed E-state index contributed by atoms with van der Waals surface area (Å²) in [6, 6.07) is 5.04. The van der Waals surface area contributed by atoms with E-state index in [4.69, 9.17) is 0 Å². The lowest BCUT2D eigenvalue weighted by molar-refractivity contribution is -0.141. The Morgan fingerprint density at radius 3 is 2.78 bits per heavy atom. The first-order chi connectivity index (χ1) is 8.52. The normalized spacial score (nSPS) is 24.4. The average molecular weight is 251 g/mol. The Morgan fingerprint density at radius 1 is 1.50 bits per heavy atom. The van der Waals surface area contributed by atoms with Crippen molar-refractivity contribution in [1.82, 2.24) is 4.90 Å². The Morgan fingerprint density at radius 2 is 2.22 bits per heavy atom. The number of nitrogens with zero attached hydrogens (tertiary/aromatic N) is 1.